The van der Waals surface area contributed by atoms with Gasteiger partial charge in [0.1, 0.15) is 12.2 Å². The fourth-order valence-corrected chi connectivity index (χ4v) is 13.4. The first-order chi connectivity index (χ1) is 25.5. The van der Waals surface area contributed by atoms with E-state index in [2.05, 4.69) is 20.8 Å². The highest BCUT2D eigenvalue weighted by Gasteiger charge is 2.83. The number of rotatable bonds is 10. The van der Waals surface area contributed by atoms with Crippen LogP contribution in [0.25, 0.3) is 0 Å². The minimum Gasteiger partial charge on any atom is -0.454 e. The van der Waals surface area contributed by atoms with Crippen LogP contribution in [0.3, 0.4) is 0 Å². The minimum absolute atomic E-state index is 0.139. The zero-order chi connectivity index (χ0) is 39.2. The molecular weight excluding hydrogens is 717 g/mol. The Labute approximate surface area is 316 Å². The molecule has 1 unspecified atom stereocenters. The Balaban J connectivity index is 1.57. The molecule has 2 heterocycles. The zero-order valence-corrected chi connectivity index (χ0v) is 33.3. The zero-order valence-electron chi connectivity index (χ0n) is 32.3. The average molecular weight is 769 g/mol. The topological polar surface area (TPSA) is 170 Å². The number of benzene rings is 1. The van der Waals surface area contributed by atoms with Gasteiger partial charge in [0.15, 0.2) is 38.0 Å². The number of carbonyl (C=O) groups is 5. The predicted octanol–water partition coefficient (Wildman–Crippen LogP) is 5.23. The van der Waals surface area contributed by atoms with Crippen molar-refractivity contribution < 1.29 is 61.9 Å². The SMILES string of the molecule is CC[Si](CC)(CC)O[C@H]1C[C@H]2OC[C@@]2(OC(C)=O)C2[C@H](OC(=O)c3ccccc3)[C@]34OC(=O)O[C@H]3[C@H](O)C(C)=C([C@@H](OC(=O)C3CC3)C(=O)[C@@]21C)C4(C)C. The molecule has 1 spiro atoms. The van der Waals surface area contributed by atoms with Gasteiger partial charge in [-0.1, -0.05) is 52.8 Å². The summed E-state index contributed by atoms with van der Waals surface area (Å²) in [4.78, 5) is 71.0. The molecule has 5 fully saturated rings. The predicted molar refractivity (Wildman–Crippen MR) is 192 cm³/mol. The van der Waals surface area contributed by atoms with Crippen molar-refractivity contribution in [2.24, 2.45) is 22.7 Å². The van der Waals surface area contributed by atoms with Crippen molar-refractivity contribution in [3.05, 3.63) is 47.0 Å². The number of ketones is 1. The fraction of sp³-hybridized carbons (Fsp3) is 0.675. The lowest BCUT2D eigenvalue weighted by Gasteiger charge is -2.68. The van der Waals surface area contributed by atoms with Crippen molar-refractivity contribution in [3.8, 4) is 0 Å². The summed E-state index contributed by atoms with van der Waals surface area (Å²) in [6.07, 6.45) is -7.70. The number of aliphatic hydroxyl groups excluding tert-OH is 1. The monoisotopic (exact) mass is 768 g/mol. The van der Waals surface area contributed by atoms with Crippen LogP contribution < -0.4 is 0 Å². The molecule has 2 saturated heterocycles. The molecule has 0 radical (unpaired) electrons. The van der Waals surface area contributed by atoms with Crippen molar-refractivity contribution in [2.45, 2.75) is 141 Å². The summed E-state index contributed by atoms with van der Waals surface area (Å²) in [6, 6.07) is 10.4. The first-order valence-corrected chi connectivity index (χ1v) is 21.8. The number of hydrogen-bond donors (Lipinski definition) is 1. The minimum atomic E-state index is -2.55. The molecular formula is C40H52O13Si. The number of Topliss-reactive ketones (excluding diaryl/α,β-unsaturated/α-hetero) is 1. The van der Waals surface area contributed by atoms with Crippen LogP contribution in [0.5, 0.6) is 0 Å². The lowest BCUT2D eigenvalue weighted by atomic mass is 9.44. The summed E-state index contributed by atoms with van der Waals surface area (Å²) in [5.74, 6) is -4.31. The van der Waals surface area contributed by atoms with Gasteiger partial charge in [-0.15, -0.1) is 0 Å². The molecule has 54 heavy (non-hydrogen) atoms. The Bertz CT molecular complexity index is 1760. The normalized spacial score (nSPS) is 37.9. The maximum absolute atomic E-state index is 16.1. The Morgan fingerprint density at radius 3 is 2.19 bits per heavy atom. The molecule has 13 nitrogen and oxygen atoms in total. The molecule has 7 rings (SSSR count). The van der Waals surface area contributed by atoms with Gasteiger partial charge in [-0.2, -0.15) is 0 Å². The molecule has 14 heteroatoms. The van der Waals surface area contributed by atoms with Gasteiger partial charge < -0.3 is 38.0 Å². The summed E-state index contributed by atoms with van der Waals surface area (Å²) in [7, 11) is -2.55. The van der Waals surface area contributed by atoms with Crippen molar-refractivity contribution in [3.63, 3.8) is 0 Å². The highest BCUT2D eigenvalue weighted by Crippen LogP contribution is 2.67. The molecule has 2 bridgehead atoms. The van der Waals surface area contributed by atoms with Crippen LogP contribution in [0.1, 0.15) is 85.0 Å². The van der Waals surface area contributed by atoms with E-state index < -0.39 is 109 Å². The third-order valence-electron chi connectivity index (χ3n) is 13.8. The molecule has 4 aliphatic carbocycles. The highest BCUT2D eigenvalue weighted by molar-refractivity contribution is 6.73. The standard InChI is InChI=1S/C40H52O13Si/c1-9-54(10-2,11-3)53-25-19-26-39(20-47-26,51-22(5)41)30-33(49-35(45)23-15-13-12-14-16-23)40-32(50-36(46)52-40)28(42)21(4)27(37(40,6)7)29(31(43)38(25,30)8)48-34(44)24-17-18-24/h12-16,24-26,28-30,32-33,42H,9-11,17-20H2,1-8H3/t25-,26+,28+,29+,30?,32-,33-,38+,39-,40+/m0/s1. The van der Waals surface area contributed by atoms with Crippen LogP contribution in [-0.4, -0.2) is 97.7 Å². The number of ether oxygens (including phenoxy) is 6. The number of aliphatic hydroxyl groups is 1. The van der Waals surface area contributed by atoms with E-state index in [1.807, 2.05) is 0 Å². The van der Waals surface area contributed by atoms with Crippen LogP contribution in [0, 0.1) is 22.7 Å². The Kier molecular flexibility index (Phi) is 9.50. The van der Waals surface area contributed by atoms with Crippen molar-refractivity contribution >= 4 is 38.2 Å². The third kappa shape index (κ3) is 5.36. The molecule has 0 aromatic heterocycles. The molecule has 10 atom stereocenters. The Hall–Kier alpha value is -3.59. The fourth-order valence-electron chi connectivity index (χ4n) is 10.5. The van der Waals surface area contributed by atoms with E-state index in [9.17, 15) is 24.3 Å². The summed E-state index contributed by atoms with van der Waals surface area (Å²) < 4.78 is 44.9. The smallest absolute Gasteiger partial charge is 0.454 e. The van der Waals surface area contributed by atoms with E-state index in [1.165, 1.54) is 6.92 Å². The second-order valence-corrected chi connectivity index (χ2v) is 21.4. The van der Waals surface area contributed by atoms with Crippen molar-refractivity contribution in [1.82, 2.24) is 0 Å². The summed E-state index contributed by atoms with van der Waals surface area (Å²) >= 11 is 0. The van der Waals surface area contributed by atoms with E-state index in [4.69, 9.17) is 32.8 Å². The second-order valence-electron chi connectivity index (χ2n) is 16.7. The summed E-state index contributed by atoms with van der Waals surface area (Å²) in [5, 5.41) is 12.1. The Morgan fingerprint density at radius 2 is 1.63 bits per heavy atom. The summed E-state index contributed by atoms with van der Waals surface area (Å²) in [5.41, 5.74) is -6.24. The molecule has 3 saturated carbocycles. The van der Waals surface area contributed by atoms with Gasteiger partial charge in [0.05, 0.1) is 35.5 Å². The van der Waals surface area contributed by atoms with Gasteiger partial charge in [0, 0.05) is 18.8 Å². The number of esters is 3. The summed E-state index contributed by atoms with van der Waals surface area (Å²) in [6.45, 7) is 14.0. The van der Waals surface area contributed by atoms with Crippen LogP contribution in [-0.2, 0) is 47.2 Å². The van der Waals surface area contributed by atoms with Crippen molar-refractivity contribution in [2.75, 3.05) is 6.61 Å². The maximum Gasteiger partial charge on any atom is 0.509 e. The largest absolute Gasteiger partial charge is 0.509 e. The van der Waals surface area contributed by atoms with Crippen LogP contribution in [0.15, 0.2) is 41.5 Å². The first-order valence-electron chi connectivity index (χ1n) is 19.3. The molecule has 1 N–H and O–H groups in total. The average Bonchev–Trinajstić information content (AvgIpc) is 3.93. The lowest BCUT2D eigenvalue weighted by molar-refractivity contribution is -0.344. The first kappa shape index (κ1) is 38.7. The van der Waals surface area contributed by atoms with Gasteiger partial charge in [-0.05, 0) is 68.1 Å². The number of fused-ring (bicyclic) bond motifs is 4. The second kappa shape index (κ2) is 13.3. The van der Waals surface area contributed by atoms with E-state index in [1.54, 1.807) is 58.0 Å². The van der Waals surface area contributed by atoms with E-state index in [0.717, 1.165) is 18.1 Å². The number of carbonyl (C=O) groups excluding carboxylic acids is 5. The van der Waals surface area contributed by atoms with Crippen LogP contribution in [0.2, 0.25) is 18.1 Å². The molecule has 1 aromatic carbocycles. The third-order valence-corrected chi connectivity index (χ3v) is 18.5. The van der Waals surface area contributed by atoms with Gasteiger partial charge in [-0.25, -0.2) is 9.59 Å². The lowest BCUT2D eigenvalue weighted by Crippen LogP contribution is -2.83. The van der Waals surface area contributed by atoms with E-state index >= 15 is 4.79 Å². The van der Waals surface area contributed by atoms with Crippen molar-refractivity contribution in [1.29, 1.82) is 0 Å². The van der Waals surface area contributed by atoms with E-state index in [0.29, 0.717) is 12.8 Å². The maximum atomic E-state index is 16.1. The highest BCUT2D eigenvalue weighted by atomic mass is 28.4. The number of hydrogen-bond acceptors (Lipinski definition) is 13. The van der Waals surface area contributed by atoms with Gasteiger partial charge in [0.2, 0.25) is 5.60 Å². The van der Waals surface area contributed by atoms with Gasteiger partial charge in [0.25, 0.3) is 0 Å². The van der Waals surface area contributed by atoms with Gasteiger partial charge >= 0.3 is 24.1 Å². The molecule has 294 valence electrons. The quantitative estimate of drug-likeness (QED) is 0.142. The van der Waals surface area contributed by atoms with Crippen LogP contribution in [0.4, 0.5) is 4.79 Å². The molecule has 1 aromatic rings. The molecule has 2 aliphatic heterocycles. The molecule has 0 amide bonds. The van der Waals surface area contributed by atoms with Crippen LogP contribution >= 0.6 is 0 Å². The Morgan fingerprint density at radius 1 is 0.981 bits per heavy atom. The molecule has 6 aliphatic rings. The van der Waals surface area contributed by atoms with E-state index in [-0.39, 0.29) is 29.7 Å². The van der Waals surface area contributed by atoms with Gasteiger partial charge in [-0.3, -0.25) is 14.4 Å².